The molecule has 0 fully saturated rings. The van der Waals surface area contributed by atoms with Gasteiger partial charge in [0.05, 0.1) is 0 Å². The lowest BCUT2D eigenvalue weighted by atomic mass is 10.1. The van der Waals surface area contributed by atoms with Gasteiger partial charge in [-0.2, -0.15) is 0 Å². The summed E-state index contributed by atoms with van der Waals surface area (Å²) >= 11 is 0. The number of benzene rings is 1. The van der Waals surface area contributed by atoms with Crippen LogP contribution in [-0.4, -0.2) is 7.05 Å². The summed E-state index contributed by atoms with van der Waals surface area (Å²) in [5.41, 5.74) is 3.59. The monoisotopic (exact) mass is 149 g/mol. The second-order valence-corrected chi connectivity index (χ2v) is 2.49. The van der Waals surface area contributed by atoms with Gasteiger partial charge in [0.15, 0.2) is 0 Å². The molecule has 0 heterocycles. The van der Waals surface area contributed by atoms with Crippen molar-refractivity contribution in [2.75, 3.05) is 12.4 Å². The lowest BCUT2D eigenvalue weighted by Crippen LogP contribution is -1.92. The second kappa shape index (κ2) is 3.24. The molecule has 0 unspecified atom stereocenters. The predicted molar refractivity (Wildman–Crippen MR) is 52.9 cm³/mol. The Hall–Kier alpha value is -1.24. The molecule has 1 N–H and O–H groups in total. The number of hydrogen-bond acceptors (Lipinski definition) is 1. The normalized spacial score (nSPS) is 9.27. The van der Waals surface area contributed by atoms with Crippen molar-refractivity contribution in [3.63, 3.8) is 0 Å². The van der Waals surface area contributed by atoms with Crippen molar-refractivity contribution in [3.8, 4) is 0 Å². The van der Waals surface area contributed by atoms with Crippen molar-refractivity contribution in [2.24, 2.45) is 0 Å². The molecule has 0 spiro atoms. The van der Waals surface area contributed by atoms with Crippen LogP contribution < -0.4 is 5.32 Å². The van der Waals surface area contributed by atoms with Crippen LogP contribution in [0.3, 0.4) is 0 Å². The van der Waals surface area contributed by atoms with Gasteiger partial charge in [0, 0.05) is 14.2 Å². The smallest absolute Gasteiger partial charge is 0.0413 e. The van der Waals surface area contributed by atoms with Gasteiger partial charge >= 0.3 is 0 Å². The molecule has 0 atom stereocenters. The van der Waals surface area contributed by atoms with E-state index in [2.05, 4.69) is 24.9 Å². The minimum atomic E-state index is 0. The first-order chi connectivity index (χ1) is 5.29. The first-order valence-electron chi connectivity index (χ1n) is 3.69. The second-order valence-electron chi connectivity index (χ2n) is 2.49. The van der Waals surface area contributed by atoms with Crippen LogP contribution >= 0.6 is 0 Å². The van der Waals surface area contributed by atoms with Crippen LogP contribution in [0.1, 0.15) is 12.6 Å². The Morgan fingerprint density at radius 3 is 2.73 bits per heavy atom. The first kappa shape index (κ1) is 7.86. The average molecular weight is 149 g/mol. The zero-order chi connectivity index (χ0) is 8.27. The van der Waals surface area contributed by atoms with Crippen LogP contribution in [0.15, 0.2) is 24.8 Å². The zero-order valence-electron chi connectivity index (χ0n) is 7.02. The van der Waals surface area contributed by atoms with Gasteiger partial charge in [-0.05, 0) is 24.1 Å². The number of nitrogens with one attached hydrogen (secondary N) is 1. The SMILES string of the molecule is C=Cc1c(C)cccc1NC.[HH]. The fraction of sp³-hybridized carbons (Fsp3) is 0.200. The Morgan fingerprint density at radius 1 is 1.55 bits per heavy atom. The maximum absolute atomic E-state index is 3.76. The largest absolute Gasteiger partial charge is 0.388 e. The van der Waals surface area contributed by atoms with Crippen molar-refractivity contribution < 1.29 is 1.43 Å². The number of hydrogen-bond donors (Lipinski definition) is 1. The van der Waals surface area contributed by atoms with Crippen LogP contribution in [0.2, 0.25) is 0 Å². The van der Waals surface area contributed by atoms with Crippen LogP contribution in [0.4, 0.5) is 5.69 Å². The van der Waals surface area contributed by atoms with Crippen molar-refractivity contribution >= 4 is 11.8 Å². The quantitative estimate of drug-likeness (QED) is 0.681. The molecule has 0 radical (unpaired) electrons. The molecule has 1 aromatic rings. The van der Waals surface area contributed by atoms with Crippen LogP contribution in [0.5, 0.6) is 0 Å². The molecular formula is C10H15N. The number of aryl methyl sites for hydroxylation is 1. The molecule has 1 nitrogen and oxygen atoms in total. The van der Waals surface area contributed by atoms with E-state index < -0.39 is 0 Å². The summed E-state index contributed by atoms with van der Waals surface area (Å²) in [5, 5.41) is 3.12. The molecule has 0 aromatic heterocycles. The van der Waals surface area contributed by atoms with E-state index in [0.29, 0.717) is 0 Å². The van der Waals surface area contributed by atoms with Gasteiger partial charge in [-0.25, -0.2) is 0 Å². The molecule has 60 valence electrons. The lowest BCUT2D eigenvalue weighted by molar-refractivity contribution is 1.41. The molecule has 11 heavy (non-hydrogen) atoms. The summed E-state index contributed by atoms with van der Waals surface area (Å²) in [6.45, 7) is 5.84. The third kappa shape index (κ3) is 1.43. The third-order valence-electron chi connectivity index (χ3n) is 1.80. The van der Waals surface area contributed by atoms with Crippen LogP contribution in [-0.2, 0) is 0 Å². The highest BCUT2D eigenvalue weighted by Crippen LogP contribution is 2.19. The summed E-state index contributed by atoms with van der Waals surface area (Å²) in [5.74, 6) is 0. The van der Waals surface area contributed by atoms with Gasteiger partial charge in [-0.15, -0.1) is 0 Å². The van der Waals surface area contributed by atoms with Gasteiger partial charge in [-0.1, -0.05) is 24.8 Å². The fourth-order valence-corrected chi connectivity index (χ4v) is 1.17. The molecule has 0 saturated heterocycles. The molecule has 1 heteroatoms. The Balaban J connectivity index is 0.00000121. The van der Waals surface area contributed by atoms with E-state index in [1.165, 1.54) is 11.1 Å². The molecule has 0 aliphatic carbocycles. The van der Waals surface area contributed by atoms with E-state index >= 15 is 0 Å². The molecule has 0 aliphatic rings. The van der Waals surface area contributed by atoms with E-state index in [0.717, 1.165) is 5.69 Å². The van der Waals surface area contributed by atoms with Crippen LogP contribution in [0, 0.1) is 6.92 Å². The van der Waals surface area contributed by atoms with E-state index in [-0.39, 0.29) is 1.43 Å². The van der Waals surface area contributed by atoms with E-state index in [9.17, 15) is 0 Å². The van der Waals surface area contributed by atoms with Crippen molar-refractivity contribution in [3.05, 3.63) is 35.9 Å². The van der Waals surface area contributed by atoms with Gasteiger partial charge in [-0.3, -0.25) is 0 Å². The highest BCUT2D eigenvalue weighted by molar-refractivity contribution is 5.68. The lowest BCUT2D eigenvalue weighted by Gasteiger charge is -2.06. The maximum Gasteiger partial charge on any atom is 0.0413 e. The summed E-state index contributed by atoms with van der Waals surface area (Å²) in [6, 6.07) is 6.16. The summed E-state index contributed by atoms with van der Waals surface area (Å²) in [7, 11) is 1.92. The summed E-state index contributed by atoms with van der Waals surface area (Å²) in [4.78, 5) is 0. The minimum Gasteiger partial charge on any atom is -0.388 e. The summed E-state index contributed by atoms with van der Waals surface area (Å²) < 4.78 is 0. The third-order valence-corrected chi connectivity index (χ3v) is 1.80. The molecule has 0 bridgehead atoms. The summed E-state index contributed by atoms with van der Waals surface area (Å²) in [6.07, 6.45) is 1.88. The maximum atomic E-state index is 3.76. The van der Waals surface area contributed by atoms with E-state index in [4.69, 9.17) is 0 Å². The van der Waals surface area contributed by atoms with Crippen molar-refractivity contribution in [2.45, 2.75) is 6.92 Å². The Bertz CT molecular complexity index is 269. The standard InChI is InChI=1S/C10H13N.H2/c1-4-9-8(2)6-5-7-10(9)11-3;/h4-7,11H,1H2,2-3H3;1H. The average Bonchev–Trinajstić information content (AvgIpc) is 2.04. The van der Waals surface area contributed by atoms with Crippen molar-refractivity contribution in [1.82, 2.24) is 0 Å². The van der Waals surface area contributed by atoms with E-state index in [1.807, 2.05) is 25.3 Å². The molecule has 0 aliphatic heterocycles. The minimum absolute atomic E-state index is 0. The predicted octanol–water partition coefficient (Wildman–Crippen LogP) is 2.93. The molecular weight excluding hydrogens is 134 g/mol. The van der Waals surface area contributed by atoms with Gasteiger partial charge in [0.25, 0.3) is 0 Å². The molecule has 1 rings (SSSR count). The highest BCUT2D eigenvalue weighted by Gasteiger charge is 1.97. The van der Waals surface area contributed by atoms with Gasteiger partial charge in [0.2, 0.25) is 0 Å². The Morgan fingerprint density at radius 2 is 2.27 bits per heavy atom. The fourth-order valence-electron chi connectivity index (χ4n) is 1.17. The zero-order valence-corrected chi connectivity index (χ0v) is 7.02. The Labute approximate surface area is 69.2 Å². The Kier molecular flexibility index (Phi) is 2.32. The molecule has 1 aromatic carbocycles. The number of anilines is 1. The van der Waals surface area contributed by atoms with E-state index in [1.54, 1.807) is 0 Å². The van der Waals surface area contributed by atoms with Crippen LogP contribution in [0.25, 0.3) is 6.08 Å². The first-order valence-corrected chi connectivity index (χ1v) is 3.69. The van der Waals surface area contributed by atoms with Gasteiger partial charge < -0.3 is 5.32 Å². The highest BCUT2D eigenvalue weighted by atomic mass is 14.8. The molecule has 0 amide bonds. The van der Waals surface area contributed by atoms with Gasteiger partial charge in [0.1, 0.15) is 0 Å². The van der Waals surface area contributed by atoms with Crippen molar-refractivity contribution in [1.29, 1.82) is 0 Å². The topological polar surface area (TPSA) is 12.0 Å². The molecule has 0 saturated carbocycles. The number of rotatable bonds is 2.